The third-order valence-electron chi connectivity index (χ3n) is 3.29. The van der Waals surface area contributed by atoms with Crippen molar-refractivity contribution in [3.05, 3.63) is 47.7 Å². The Bertz CT molecular complexity index is 815. The maximum atomic E-state index is 12.8. The summed E-state index contributed by atoms with van der Waals surface area (Å²) >= 11 is 1.52. The Morgan fingerprint density at radius 2 is 1.88 bits per heavy atom. The Hall–Kier alpha value is -2.54. The molecular formula is C19H22N2O4S. The van der Waals surface area contributed by atoms with Crippen molar-refractivity contribution in [2.75, 3.05) is 19.5 Å². The molecule has 2 rings (SSSR count). The Morgan fingerprint density at radius 3 is 2.50 bits per heavy atom. The molecule has 26 heavy (non-hydrogen) atoms. The molecule has 0 saturated heterocycles. The first-order valence-corrected chi connectivity index (χ1v) is 8.78. The largest absolute Gasteiger partial charge is 0.495 e. The monoisotopic (exact) mass is 374 g/mol. The maximum Gasteiger partial charge on any atom is 0.337 e. The van der Waals surface area contributed by atoms with Gasteiger partial charge in [-0.3, -0.25) is 4.79 Å². The van der Waals surface area contributed by atoms with Gasteiger partial charge in [0.2, 0.25) is 0 Å². The summed E-state index contributed by atoms with van der Waals surface area (Å²) in [6.45, 7) is 6.17. The van der Waals surface area contributed by atoms with Crippen molar-refractivity contribution < 1.29 is 19.1 Å². The summed E-state index contributed by atoms with van der Waals surface area (Å²) < 4.78 is 9.90. The van der Waals surface area contributed by atoms with Crippen LogP contribution in [0.5, 0.6) is 5.75 Å². The number of rotatable bonds is 5. The van der Waals surface area contributed by atoms with Crippen LogP contribution >= 0.6 is 11.8 Å². The van der Waals surface area contributed by atoms with Gasteiger partial charge in [0.1, 0.15) is 10.8 Å². The van der Waals surface area contributed by atoms with Gasteiger partial charge in [-0.2, -0.15) is 0 Å². The summed E-state index contributed by atoms with van der Waals surface area (Å²) in [6.07, 6.45) is 1.66. The van der Waals surface area contributed by atoms with Crippen LogP contribution < -0.4 is 10.1 Å². The number of esters is 1. The topological polar surface area (TPSA) is 77.5 Å². The average molecular weight is 374 g/mol. The Labute approximate surface area is 157 Å². The van der Waals surface area contributed by atoms with Crippen molar-refractivity contribution in [2.45, 2.75) is 30.5 Å². The highest BCUT2D eigenvalue weighted by molar-refractivity contribution is 8.00. The molecule has 0 unspecified atom stereocenters. The standard InChI is InChI=1S/C19H22N2O4S/c1-19(2,3)26-17-13(7-6-10-20-17)16(22)21-14-9-8-12(18(23)25-5)11-15(14)24-4/h6-11H,1-5H3,(H,21,22). The molecule has 0 fully saturated rings. The summed E-state index contributed by atoms with van der Waals surface area (Å²) in [7, 11) is 2.78. The first-order chi connectivity index (χ1) is 12.2. The van der Waals surface area contributed by atoms with Crippen molar-refractivity contribution in [1.82, 2.24) is 4.98 Å². The fraction of sp³-hybridized carbons (Fsp3) is 0.316. The van der Waals surface area contributed by atoms with Gasteiger partial charge in [0, 0.05) is 10.9 Å². The van der Waals surface area contributed by atoms with Crippen LogP contribution in [0.1, 0.15) is 41.5 Å². The zero-order valence-corrected chi connectivity index (χ0v) is 16.3. The summed E-state index contributed by atoms with van der Waals surface area (Å²) in [5, 5.41) is 3.47. The molecule has 0 atom stereocenters. The van der Waals surface area contributed by atoms with Crippen LogP contribution in [0, 0.1) is 0 Å². The van der Waals surface area contributed by atoms with Crippen molar-refractivity contribution in [3.63, 3.8) is 0 Å². The normalized spacial score (nSPS) is 11.0. The molecule has 0 aliphatic carbocycles. The molecule has 138 valence electrons. The lowest BCUT2D eigenvalue weighted by molar-refractivity contribution is 0.0600. The zero-order valence-electron chi connectivity index (χ0n) is 15.5. The number of nitrogens with one attached hydrogen (secondary N) is 1. The smallest absolute Gasteiger partial charge is 0.337 e. The summed E-state index contributed by atoms with van der Waals surface area (Å²) in [4.78, 5) is 28.7. The number of aromatic nitrogens is 1. The van der Waals surface area contributed by atoms with E-state index in [0.717, 1.165) is 0 Å². The van der Waals surface area contributed by atoms with Gasteiger partial charge in [0.05, 0.1) is 31.0 Å². The number of carbonyl (C=O) groups excluding carboxylic acids is 2. The molecule has 0 aliphatic rings. The molecule has 1 N–H and O–H groups in total. The third kappa shape index (κ3) is 4.98. The number of benzene rings is 1. The Morgan fingerprint density at radius 1 is 1.15 bits per heavy atom. The van der Waals surface area contributed by atoms with Crippen molar-refractivity contribution in [3.8, 4) is 5.75 Å². The molecule has 6 nitrogen and oxygen atoms in total. The number of hydrogen-bond acceptors (Lipinski definition) is 6. The first-order valence-electron chi connectivity index (χ1n) is 7.97. The van der Waals surface area contributed by atoms with Crippen molar-refractivity contribution in [1.29, 1.82) is 0 Å². The van der Waals surface area contributed by atoms with Gasteiger partial charge in [-0.1, -0.05) is 32.5 Å². The maximum absolute atomic E-state index is 12.8. The molecule has 0 saturated carbocycles. The van der Waals surface area contributed by atoms with Crippen LogP contribution in [0.15, 0.2) is 41.6 Å². The predicted molar refractivity (Wildman–Crippen MR) is 102 cm³/mol. The van der Waals surface area contributed by atoms with E-state index in [9.17, 15) is 9.59 Å². The molecule has 1 heterocycles. The van der Waals surface area contributed by atoms with Gasteiger partial charge in [0.25, 0.3) is 5.91 Å². The van der Waals surface area contributed by atoms with Crippen LogP contribution in [0.4, 0.5) is 5.69 Å². The van der Waals surface area contributed by atoms with Crippen LogP contribution in [-0.4, -0.2) is 35.8 Å². The lowest BCUT2D eigenvalue weighted by Crippen LogP contribution is -2.16. The van der Waals surface area contributed by atoms with Gasteiger partial charge in [-0.25, -0.2) is 9.78 Å². The van der Waals surface area contributed by atoms with Crippen molar-refractivity contribution in [2.24, 2.45) is 0 Å². The molecule has 0 bridgehead atoms. The molecular weight excluding hydrogens is 352 g/mol. The highest BCUT2D eigenvalue weighted by Gasteiger charge is 2.20. The second-order valence-corrected chi connectivity index (χ2v) is 8.25. The lowest BCUT2D eigenvalue weighted by Gasteiger charge is -2.19. The third-order valence-corrected chi connectivity index (χ3v) is 4.42. The molecule has 0 spiro atoms. The van der Waals surface area contributed by atoms with E-state index in [0.29, 0.717) is 27.6 Å². The SMILES string of the molecule is COC(=O)c1ccc(NC(=O)c2cccnc2SC(C)(C)C)c(OC)c1. The molecule has 2 aromatic rings. The number of ether oxygens (including phenoxy) is 2. The number of hydrogen-bond donors (Lipinski definition) is 1. The number of anilines is 1. The summed E-state index contributed by atoms with van der Waals surface area (Å²) in [5.74, 6) is -0.401. The lowest BCUT2D eigenvalue weighted by atomic mass is 10.1. The number of pyridine rings is 1. The molecule has 7 heteroatoms. The number of thioether (sulfide) groups is 1. The average Bonchev–Trinajstić information content (AvgIpc) is 2.60. The van der Waals surface area contributed by atoms with E-state index < -0.39 is 5.97 Å². The highest BCUT2D eigenvalue weighted by atomic mass is 32.2. The minimum Gasteiger partial charge on any atom is -0.495 e. The number of amides is 1. The predicted octanol–water partition coefficient (Wildman–Crippen LogP) is 4.02. The molecule has 1 aromatic heterocycles. The number of nitrogens with zero attached hydrogens (tertiary/aromatic N) is 1. The van der Waals surface area contributed by atoms with Gasteiger partial charge in [-0.05, 0) is 30.3 Å². The van der Waals surface area contributed by atoms with Gasteiger partial charge in [-0.15, -0.1) is 0 Å². The number of methoxy groups -OCH3 is 2. The molecule has 0 aliphatic heterocycles. The van der Waals surface area contributed by atoms with Gasteiger partial charge in [0.15, 0.2) is 0 Å². The first kappa shape index (κ1) is 19.8. The van der Waals surface area contributed by atoms with Gasteiger partial charge < -0.3 is 14.8 Å². The van der Waals surface area contributed by atoms with E-state index >= 15 is 0 Å². The molecule has 0 radical (unpaired) electrons. The zero-order chi connectivity index (χ0) is 19.3. The van der Waals surface area contributed by atoms with E-state index in [1.807, 2.05) is 0 Å². The Balaban J connectivity index is 2.29. The second kappa shape index (κ2) is 8.23. The number of carbonyl (C=O) groups is 2. The minimum absolute atomic E-state index is 0.0801. The van der Waals surface area contributed by atoms with E-state index in [1.165, 1.54) is 32.0 Å². The van der Waals surface area contributed by atoms with Crippen LogP contribution in [0.2, 0.25) is 0 Å². The van der Waals surface area contributed by atoms with Crippen LogP contribution in [0.25, 0.3) is 0 Å². The van der Waals surface area contributed by atoms with Gasteiger partial charge >= 0.3 is 5.97 Å². The van der Waals surface area contributed by atoms with E-state index in [2.05, 4.69) is 31.1 Å². The van der Waals surface area contributed by atoms with E-state index in [1.54, 1.807) is 30.5 Å². The minimum atomic E-state index is -0.475. The fourth-order valence-corrected chi connectivity index (χ4v) is 3.13. The Kier molecular flexibility index (Phi) is 6.26. The quantitative estimate of drug-likeness (QED) is 0.629. The van der Waals surface area contributed by atoms with E-state index in [-0.39, 0.29) is 10.7 Å². The summed E-state index contributed by atoms with van der Waals surface area (Å²) in [5.41, 5.74) is 1.28. The van der Waals surface area contributed by atoms with Crippen LogP contribution in [-0.2, 0) is 4.74 Å². The highest BCUT2D eigenvalue weighted by Crippen LogP contribution is 2.33. The van der Waals surface area contributed by atoms with Crippen molar-refractivity contribution >= 4 is 29.3 Å². The van der Waals surface area contributed by atoms with E-state index in [4.69, 9.17) is 9.47 Å². The fourth-order valence-electron chi connectivity index (χ4n) is 2.16. The molecule has 1 aromatic carbocycles. The summed E-state index contributed by atoms with van der Waals surface area (Å²) in [6, 6.07) is 8.15. The van der Waals surface area contributed by atoms with Crippen LogP contribution in [0.3, 0.4) is 0 Å². The second-order valence-electron chi connectivity index (χ2n) is 6.43. The molecule has 1 amide bonds.